The zero-order valence-electron chi connectivity index (χ0n) is 10.8. The highest BCUT2D eigenvalue weighted by Crippen LogP contribution is 2.19. The lowest BCUT2D eigenvalue weighted by molar-refractivity contribution is 0.102. The van der Waals surface area contributed by atoms with E-state index >= 15 is 0 Å². The van der Waals surface area contributed by atoms with Crippen molar-refractivity contribution in [2.24, 2.45) is 0 Å². The molecule has 0 bridgehead atoms. The molecule has 0 saturated heterocycles. The van der Waals surface area contributed by atoms with Crippen molar-refractivity contribution < 1.29 is 4.79 Å². The fourth-order valence-corrected chi connectivity index (χ4v) is 2.49. The van der Waals surface area contributed by atoms with Crippen LogP contribution in [0, 0.1) is 6.92 Å². The number of carbonyl (C=O) groups excluding carboxylic acids is 1. The molecule has 3 rings (SSSR count). The van der Waals surface area contributed by atoms with Crippen LogP contribution in [0.5, 0.6) is 0 Å². The number of rotatable bonds is 2. The Labute approximate surface area is 124 Å². The second-order valence-electron chi connectivity index (χ2n) is 4.54. The zero-order chi connectivity index (χ0) is 14.1. The first-order chi connectivity index (χ1) is 9.63. The van der Waals surface area contributed by atoms with Gasteiger partial charge in [-0.3, -0.25) is 4.79 Å². The average molecular weight is 330 g/mol. The Balaban J connectivity index is 1.89. The minimum Gasteiger partial charge on any atom is -0.351 e. The van der Waals surface area contributed by atoms with Crippen molar-refractivity contribution in [1.82, 2.24) is 9.97 Å². The Kier molecular flexibility index (Phi) is 3.28. The van der Waals surface area contributed by atoms with Gasteiger partial charge in [-0.2, -0.15) is 0 Å². The number of halogens is 1. The van der Waals surface area contributed by atoms with Crippen LogP contribution in [0.15, 0.2) is 47.1 Å². The average Bonchev–Trinajstić information content (AvgIpc) is 2.86. The van der Waals surface area contributed by atoms with E-state index in [9.17, 15) is 4.79 Å². The van der Waals surface area contributed by atoms with Gasteiger partial charge in [-0.25, -0.2) is 4.98 Å². The van der Waals surface area contributed by atoms with Crippen molar-refractivity contribution in [3.63, 3.8) is 0 Å². The van der Waals surface area contributed by atoms with Crippen LogP contribution < -0.4 is 5.32 Å². The Hall–Kier alpha value is -2.14. The van der Waals surface area contributed by atoms with Gasteiger partial charge in [0.2, 0.25) is 0 Å². The van der Waals surface area contributed by atoms with E-state index in [4.69, 9.17) is 0 Å². The minimum atomic E-state index is -0.195. The maximum absolute atomic E-state index is 12.2. The van der Waals surface area contributed by atoms with Crippen molar-refractivity contribution in [2.75, 3.05) is 5.32 Å². The summed E-state index contributed by atoms with van der Waals surface area (Å²) in [7, 11) is 0. The Morgan fingerprint density at radius 1 is 1.30 bits per heavy atom. The number of para-hydroxylation sites is 1. The number of amides is 1. The highest BCUT2D eigenvalue weighted by Gasteiger charge is 2.11. The van der Waals surface area contributed by atoms with Crippen LogP contribution in [0.1, 0.15) is 16.1 Å². The number of hydrogen-bond acceptors (Lipinski definition) is 2. The summed E-state index contributed by atoms with van der Waals surface area (Å²) >= 11 is 3.35. The number of fused-ring (bicyclic) bond motifs is 1. The van der Waals surface area contributed by atoms with Gasteiger partial charge in [0.25, 0.3) is 5.91 Å². The smallest absolute Gasteiger partial charge is 0.273 e. The number of pyridine rings is 1. The molecule has 5 heteroatoms. The molecule has 2 heterocycles. The number of aromatic amines is 1. The third kappa shape index (κ3) is 2.44. The summed E-state index contributed by atoms with van der Waals surface area (Å²) in [5.74, 6) is 0.371. The van der Waals surface area contributed by atoms with E-state index in [1.165, 1.54) is 0 Å². The van der Waals surface area contributed by atoms with Gasteiger partial charge >= 0.3 is 0 Å². The molecule has 2 aromatic heterocycles. The summed E-state index contributed by atoms with van der Waals surface area (Å²) in [5, 5.41) is 3.82. The van der Waals surface area contributed by atoms with Gasteiger partial charge in [-0.05, 0) is 46.6 Å². The van der Waals surface area contributed by atoms with Crippen molar-refractivity contribution in [1.29, 1.82) is 0 Å². The number of H-pyrrole nitrogens is 1. The predicted octanol–water partition coefficient (Wildman–Crippen LogP) is 3.89. The zero-order valence-corrected chi connectivity index (χ0v) is 12.4. The first-order valence-corrected chi connectivity index (χ1v) is 6.94. The topological polar surface area (TPSA) is 57.8 Å². The molecular formula is C15H12BrN3O. The summed E-state index contributed by atoms with van der Waals surface area (Å²) in [6, 6.07) is 11.5. The highest BCUT2D eigenvalue weighted by atomic mass is 79.9. The number of nitrogens with zero attached hydrogens (tertiary/aromatic N) is 1. The van der Waals surface area contributed by atoms with Crippen molar-refractivity contribution in [3.8, 4) is 0 Å². The van der Waals surface area contributed by atoms with Crippen LogP contribution >= 0.6 is 15.9 Å². The maximum Gasteiger partial charge on any atom is 0.273 e. The first kappa shape index (κ1) is 12.9. The predicted molar refractivity (Wildman–Crippen MR) is 82.9 cm³/mol. The van der Waals surface area contributed by atoms with Gasteiger partial charge in [0.1, 0.15) is 11.5 Å². The fourth-order valence-electron chi connectivity index (χ4n) is 2.04. The maximum atomic E-state index is 12.2. The molecule has 0 unspecified atom stereocenters. The number of anilines is 1. The molecule has 0 aliphatic rings. The molecule has 0 saturated carbocycles. The lowest BCUT2D eigenvalue weighted by atomic mass is 10.2. The molecule has 0 atom stereocenters. The number of hydrogen-bond donors (Lipinski definition) is 2. The standard InChI is InChI=1S/C15H12BrN3O/c1-9-6-11(16)8-17-14(9)19-15(20)13-7-10-4-2-3-5-12(10)18-13/h2-8,18H,1H3,(H,17,19,20). The summed E-state index contributed by atoms with van der Waals surface area (Å²) in [4.78, 5) is 19.5. The lowest BCUT2D eigenvalue weighted by Gasteiger charge is -2.06. The minimum absolute atomic E-state index is 0.195. The van der Waals surface area contributed by atoms with Crippen LogP contribution in [-0.4, -0.2) is 15.9 Å². The van der Waals surface area contributed by atoms with E-state index in [1.807, 2.05) is 43.3 Å². The van der Waals surface area contributed by atoms with Gasteiger partial charge in [-0.15, -0.1) is 0 Å². The third-order valence-corrected chi connectivity index (χ3v) is 3.49. The van der Waals surface area contributed by atoms with Crippen LogP contribution in [0.25, 0.3) is 10.9 Å². The molecule has 3 aromatic rings. The fraction of sp³-hybridized carbons (Fsp3) is 0.0667. The molecule has 20 heavy (non-hydrogen) atoms. The molecular weight excluding hydrogens is 318 g/mol. The van der Waals surface area contributed by atoms with Gasteiger partial charge in [-0.1, -0.05) is 18.2 Å². The van der Waals surface area contributed by atoms with Crippen LogP contribution in [-0.2, 0) is 0 Å². The molecule has 2 N–H and O–H groups in total. The van der Waals surface area contributed by atoms with Crippen molar-refractivity contribution in [2.45, 2.75) is 6.92 Å². The van der Waals surface area contributed by atoms with E-state index in [1.54, 1.807) is 6.20 Å². The molecule has 0 radical (unpaired) electrons. The van der Waals surface area contributed by atoms with E-state index in [-0.39, 0.29) is 5.91 Å². The van der Waals surface area contributed by atoms with Gasteiger partial charge in [0.05, 0.1) is 0 Å². The summed E-state index contributed by atoms with van der Waals surface area (Å²) in [5.41, 5.74) is 2.37. The van der Waals surface area contributed by atoms with Gasteiger partial charge < -0.3 is 10.3 Å². The quantitative estimate of drug-likeness (QED) is 0.749. The number of nitrogens with one attached hydrogen (secondary N) is 2. The van der Waals surface area contributed by atoms with Crippen molar-refractivity contribution >= 4 is 38.6 Å². The van der Waals surface area contributed by atoms with Gasteiger partial charge in [0, 0.05) is 21.6 Å². The Bertz CT molecular complexity index is 762. The molecule has 0 spiro atoms. The third-order valence-electron chi connectivity index (χ3n) is 3.05. The monoisotopic (exact) mass is 329 g/mol. The van der Waals surface area contributed by atoms with E-state index in [0.29, 0.717) is 11.5 Å². The molecule has 4 nitrogen and oxygen atoms in total. The number of aryl methyl sites for hydroxylation is 1. The van der Waals surface area contributed by atoms with Crippen LogP contribution in [0.3, 0.4) is 0 Å². The largest absolute Gasteiger partial charge is 0.351 e. The summed E-state index contributed by atoms with van der Waals surface area (Å²) in [6.45, 7) is 1.90. The van der Waals surface area contributed by atoms with E-state index in [2.05, 4.69) is 31.2 Å². The number of aromatic nitrogens is 2. The lowest BCUT2D eigenvalue weighted by Crippen LogP contribution is -2.14. The van der Waals surface area contributed by atoms with Gasteiger partial charge in [0.15, 0.2) is 0 Å². The Morgan fingerprint density at radius 2 is 2.10 bits per heavy atom. The Morgan fingerprint density at radius 3 is 2.85 bits per heavy atom. The number of benzene rings is 1. The first-order valence-electron chi connectivity index (χ1n) is 6.15. The highest BCUT2D eigenvalue weighted by molar-refractivity contribution is 9.10. The van der Waals surface area contributed by atoms with E-state index < -0.39 is 0 Å². The van der Waals surface area contributed by atoms with E-state index in [0.717, 1.165) is 20.9 Å². The summed E-state index contributed by atoms with van der Waals surface area (Å²) < 4.78 is 0.888. The second-order valence-corrected chi connectivity index (χ2v) is 5.46. The molecule has 0 aliphatic carbocycles. The number of carbonyl (C=O) groups is 1. The van der Waals surface area contributed by atoms with Crippen LogP contribution in [0.2, 0.25) is 0 Å². The molecule has 1 aromatic carbocycles. The SMILES string of the molecule is Cc1cc(Br)cnc1NC(=O)c1cc2ccccc2[nH]1. The van der Waals surface area contributed by atoms with Crippen molar-refractivity contribution in [3.05, 3.63) is 58.3 Å². The molecule has 0 aliphatic heterocycles. The van der Waals surface area contributed by atoms with Crippen LogP contribution in [0.4, 0.5) is 5.82 Å². The normalized spacial score (nSPS) is 10.7. The second kappa shape index (κ2) is 5.09. The molecule has 100 valence electrons. The summed E-state index contributed by atoms with van der Waals surface area (Å²) in [6.07, 6.45) is 1.66. The molecule has 0 fully saturated rings. The molecule has 1 amide bonds.